The molecule has 3 aromatic rings. The van der Waals surface area contributed by atoms with Crippen LogP contribution in [-0.2, 0) is 4.74 Å². The van der Waals surface area contributed by atoms with Gasteiger partial charge in [0.1, 0.15) is 0 Å². The lowest BCUT2D eigenvalue weighted by Crippen LogP contribution is -2.18. The molecule has 6 nitrogen and oxygen atoms in total. The van der Waals surface area contributed by atoms with E-state index in [4.69, 9.17) is 4.74 Å². The van der Waals surface area contributed by atoms with E-state index in [1.54, 1.807) is 13.1 Å². The summed E-state index contributed by atoms with van der Waals surface area (Å²) in [6.07, 6.45) is -3.33. The van der Waals surface area contributed by atoms with Gasteiger partial charge in [0.05, 0.1) is 23.4 Å². The van der Waals surface area contributed by atoms with Gasteiger partial charge >= 0.3 is 12.3 Å². The quantitative estimate of drug-likeness (QED) is 0.527. The summed E-state index contributed by atoms with van der Waals surface area (Å²) in [7, 11) is 0. The molecule has 0 aliphatic carbocycles. The molecule has 0 radical (unpaired) electrons. The third kappa shape index (κ3) is 4.97. The normalized spacial score (nSPS) is 11.6. The van der Waals surface area contributed by atoms with Gasteiger partial charge in [-0.2, -0.15) is 0 Å². The molecule has 1 heterocycles. The molecule has 30 heavy (non-hydrogen) atoms. The van der Waals surface area contributed by atoms with Gasteiger partial charge < -0.3 is 14.8 Å². The first-order valence-corrected chi connectivity index (χ1v) is 9.27. The van der Waals surface area contributed by atoms with E-state index in [1.165, 1.54) is 12.1 Å². The van der Waals surface area contributed by atoms with Crippen molar-refractivity contribution in [3.8, 4) is 5.75 Å². The van der Waals surface area contributed by atoms with E-state index in [2.05, 4.69) is 20.0 Å². The van der Waals surface area contributed by atoms with E-state index in [1.807, 2.05) is 32.0 Å². The Labute approximate surface area is 171 Å². The fourth-order valence-electron chi connectivity index (χ4n) is 2.91. The van der Waals surface area contributed by atoms with Crippen LogP contribution in [0.4, 0.5) is 24.8 Å². The summed E-state index contributed by atoms with van der Waals surface area (Å²) >= 11 is 0. The summed E-state index contributed by atoms with van der Waals surface area (Å²) in [5, 5.41) is 3.54. The minimum Gasteiger partial charge on any atom is -0.462 e. The van der Waals surface area contributed by atoms with Gasteiger partial charge in [-0.05, 0) is 36.6 Å². The van der Waals surface area contributed by atoms with Gasteiger partial charge in [-0.3, -0.25) is 0 Å². The highest BCUT2D eigenvalue weighted by Gasteiger charge is 2.32. The van der Waals surface area contributed by atoms with Crippen molar-refractivity contribution in [1.29, 1.82) is 0 Å². The number of fused-ring (bicyclic) bond motifs is 1. The number of ether oxygens (including phenoxy) is 2. The van der Waals surface area contributed by atoms with Crippen molar-refractivity contribution in [1.82, 2.24) is 9.97 Å². The zero-order valence-electron chi connectivity index (χ0n) is 16.6. The summed E-state index contributed by atoms with van der Waals surface area (Å²) in [6, 6.07) is 9.13. The number of carbonyl (C=O) groups is 1. The topological polar surface area (TPSA) is 73.3 Å². The van der Waals surface area contributed by atoms with Gasteiger partial charge in [0, 0.05) is 11.6 Å². The van der Waals surface area contributed by atoms with Crippen molar-refractivity contribution >= 4 is 28.5 Å². The van der Waals surface area contributed by atoms with Crippen LogP contribution in [0.25, 0.3) is 10.9 Å². The molecular weight excluding hydrogens is 399 g/mol. The summed E-state index contributed by atoms with van der Waals surface area (Å²) in [5.41, 5.74) is 1.62. The summed E-state index contributed by atoms with van der Waals surface area (Å²) in [6.45, 7) is 5.80. The van der Waals surface area contributed by atoms with Crippen LogP contribution in [0.3, 0.4) is 0 Å². The average Bonchev–Trinajstić information content (AvgIpc) is 2.67. The number of anilines is 2. The number of alkyl halides is 3. The molecule has 0 atom stereocenters. The van der Waals surface area contributed by atoms with Crippen LogP contribution in [-0.4, -0.2) is 28.9 Å². The largest absolute Gasteiger partial charge is 0.573 e. The van der Waals surface area contributed by atoms with Gasteiger partial charge in [-0.1, -0.05) is 32.0 Å². The molecule has 0 bridgehead atoms. The van der Waals surface area contributed by atoms with E-state index in [0.717, 1.165) is 17.0 Å². The second kappa shape index (κ2) is 8.56. The molecule has 158 valence electrons. The second-order valence-electron chi connectivity index (χ2n) is 6.74. The third-order valence-electron chi connectivity index (χ3n) is 4.23. The summed E-state index contributed by atoms with van der Waals surface area (Å²) in [5.74, 6) is -0.923. The highest BCUT2D eigenvalue weighted by molar-refractivity contribution is 5.91. The molecule has 1 aromatic heterocycles. The maximum atomic E-state index is 12.8. The first-order chi connectivity index (χ1) is 14.2. The number of halogens is 3. The van der Waals surface area contributed by atoms with Crippen LogP contribution in [0.1, 0.15) is 42.6 Å². The van der Waals surface area contributed by atoms with E-state index >= 15 is 0 Å². The Morgan fingerprint density at radius 1 is 1.20 bits per heavy atom. The molecule has 0 saturated carbocycles. The van der Waals surface area contributed by atoms with Gasteiger partial charge in [0.25, 0.3) is 0 Å². The smallest absolute Gasteiger partial charge is 0.462 e. The van der Waals surface area contributed by atoms with E-state index in [9.17, 15) is 18.0 Å². The Kier molecular flexibility index (Phi) is 6.09. The molecule has 0 saturated heterocycles. The Morgan fingerprint density at radius 3 is 2.63 bits per heavy atom. The van der Waals surface area contributed by atoms with Crippen molar-refractivity contribution < 1.29 is 27.4 Å². The number of hydrogen-bond donors (Lipinski definition) is 1. The maximum absolute atomic E-state index is 12.8. The van der Waals surface area contributed by atoms with Crippen LogP contribution in [0, 0.1) is 0 Å². The third-order valence-corrected chi connectivity index (χ3v) is 4.23. The molecule has 1 N–H and O–H groups in total. The zero-order valence-corrected chi connectivity index (χ0v) is 16.6. The van der Waals surface area contributed by atoms with Crippen molar-refractivity contribution in [2.24, 2.45) is 0 Å². The lowest BCUT2D eigenvalue weighted by molar-refractivity contribution is -0.274. The van der Waals surface area contributed by atoms with Crippen molar-refractivity contribution in [2.45, 2.75) is 33.1 Å². The van der Waals surface area contributed by atoms with Crippen molar-refractivity contribution in [3.63, 3.8) is 0 Å². The molecule has 0 unspecified atom stereocenters. The van der Waals surface area contributed by atoms with E-state index in [-0.39, 0.29) is 29.7 Å². The zero-order chi connectivity index (χ0) is 21.9. The first-order valence-electron chi connectivity index (χ1n) is 9.27. The Hall–Kier alpha value is -3.36. The monoisotopic (exact) mass is 419 g/mol. The van der Waals surface area contributed by atoms with Crippen molar-refractivity contribution in [2.75, 3.05) is 11.9 Å². The lowest BCUT2D eigenvalue weighted by atomic mass is 10.0. The van der Waals surface area contributed by atoms with Crippen LogP contribution < -0.4 is 10.1 Å². The van der Waals surface area contributed by atoms with Crippen LogP contribution in [0.2, 0.25) is 0 Å². The number of rotatable bonds is 6. The highest BCUT2D eigenvalue weighted by Crippen LogP contribution is 2.33. The lowest BCUT2D eigenvalue weighted by Gasteiger charge is -2.16. The molecule has 0 aliphatic rings. The molecule has 3 rings (SSSR count). The fraction of sp³-hybridized carbons (Fsp3) is 0.286. The Morgan fingerprint density at radius 2 is 1.97 bits per heavy atom. The number of aromatic nitrogens is 2. The average molecular weight is 419 g/mol. The molecular formula is C21H20F3N3O3. The number of nitrogens with one attached hydrogen (secondary N) is 1. The van der Waals surface area contributed by atoms with E-state index < -0.39 is 18.1 Å². The minimum atomic E-state index is -4.91. The minimum absolute atomic E-state index is 0.0672. The van der Waals surface area contributed by atoms with Gasteiger partial charge in [0.2, 0.25) is 5.95 Å². The molecule has 0 spiro atoms. The Bertz CT molecular complexity index is 1070. The van der Waals surface area contributed by atoms with E-state index in [0.29, 0.717) is 5.52 Å². The van der Waals surface area contributed by atoms with Crippen molar-refractivity contribution in [3.05, 3.63) is 53.7 Å². The summed E-state index contributed by atoms with van der Waals surface area (Å²) in [4.78, 5) is 20.6. The number of hydrogen-bond acceptors (Lipinski definition) is 6. The van der Waals surface area contributed by atoms with Gasteiger partial charge in [-0.15, -0.1) is 13.2 Å². The molecule has 0 amide bonds. The van der Waals surface area contributed by atoms with Crippen LogP contribution in [0.15, 0.2) is 42.6 Å². The number of para-hydroxylation sites is 1. The predicted molar refractivity (Wildman–Crippen MR) is 106 cm³/mol. The van der Waals surface area contributed by atoms with Gasteiger partial charge in [-0.25, -0.2) is 14.8 Å². The molecule has 0 aliphatic heterocycles. The SMILES string of the molecule is CCOC(=O)c1ccc(OC(F)(F)F)c(Nc2ncc3cccc(C(C)C)c3n2)c1. The maximum Gasteiger partial charge on any atom is 0.573 e. The standard InChI is InChI=1S/C21H20F3N3O3/c1-4-29-19(28)13-8-9-17(30-21(22,23)24)16(10-13)26-20-25-11-14-6-5-7-15(12(2)3)18(14)27-20/h5-12H,4H2,1-3H3,(H,25,26,27). The number of carbonyl (C=O) groups excluding carboxylic acids is 1. The van der Waals surface area contributed by atoms with Gasteiger partial charge in [0.15, 0.2) is 5.75 Å². The number of esters is 1. The van der Waals surface area contributed by atoms with Crippen LogP contribution >= 0.6 is 0 Å². The Balaban J connectivity index is 2.04. The highest BCUT2D eigenvalue weighted by atomic mass is 19.4. The molecule has 0 fully saturated rings. The second-order valence-corrected chi connectivity index (χ2v) is 6.74. The predicted octanol–water partition coefficient (Wildman–Crippen LogP) is 5.57. The first kappa shape index (κ1) is 21.4. The number of nitrogens with zero attached hydrogens (tertiary/aromatic N) is 2. The number of benzene rings is 2. The van der Waals surface area contributed by atoms with Crippen LogP contribution in [0.5, 0.6) is 5.75 Å². The fourth-order valence-corrected chi connectivity index (χ4v) is 2.91. The summed E-state index contributed by atoms with van der Waals surface area (Å²) < 4.78 is 47.4. The molecule has 9 heteroatoms. The molecule has 2 aromatic carbocycles.